The van der Waals surface area contributed by atoms with Crippen LogP contribution in [0.5, 0.6) is 5.75 Å². The van der Waals surface area contributed by atoms with Crippen LogP contribution in [-0.4, -0.2) is 23.0 Å². The molecule has 0 saturated carbocycles. The smallest absolute Gasteiger partial charge is 0.268 e. The van der Waals surface area contributed by atoms with E-state index >= 15 is 0 Å². The second kappa shape index (κ2) is 6.76. The van der Waals surface area contributed by atoms with Crippen molar-refractivity contribution in [2.24, 2.45) is 0 Å². The van der Waals surface area contributed by atoms with Crippen molar-refractivity contribution >= 4 is 5.91 Å². The first-order valence-corrected chi connectivity index (χ1v) is 6.82. The van der Waals surface area contributed by atoms with Gasteiger partial charge in [-0.3, -0.25) is 4.79 Å². The van der Waals surface area contributed by atoms with Gasteiger partial charge in [0.15, 0.2) is 11.6 Å². The van der Waals surface area contributed by atoms with Gasteiger partial charge in [0.2, 0.25) is 0 Å². The average Bonchev–Trinajstić information content (AvgIpc) is 2.98. The number of H-pyrrole nitrogens is 1. The normalized spacial score (nSPS) is 13.0. The molecule has 0 spiro atoms. The second-order valence-electron chi connectivity index (χ2n) is 4.93. The molecule has 2 aromatic rings. The van der Waals surface area contributed by atoms with Crippen molar-refractivity contribution in [3.63, 3.8) is 0 Å². The third kappa shape index (κ3) is 3.64. The van der Waals surface area contributed by atoms with E-state index in [9.17, 15) is 9.18 Å². The number of ether oxygens (including phenoxy) is 1. The number of nitriles is 1. The van der Waals surface area contributed by atoms with E-state index in [1.165, 1.54) is 24.4 Å². The molecule has 2 rings (SSSR count). The van der Waals surface area contributed by atoms with Crippen molar-refractivity contribution in [2.75, 3.05) is 0 Å². The molecule has 0 aliphatic rings. The molecule has 0 aliphatic heterocycles. The molecule has 0 radical (unpaired) electrons. The van der Waals surface area contributed by atoms with E-state index in [4.69, 9.17) is 10.00 Å². The number of nitrogens with zero attached hydrogens (tertiary/aromatic N) is 1. The first-order chi connectivity index (χ1) is 10.5. The first-order valence-electron chi connectivity index (χ1n) is 6.82. The van der Waals surface area contributed by atoms with Crippen LogP contribution in [-0.2, 0) is 0 Å². The van der Waals surface area contributed by atoms with Crippen LogP contribution in [0.2, 0.25) is 0 Å². The predicted molar refractivity (Wildman–Crippen MR) is 78.9 cm³/mol. The van der Waals surface area contributed by atoms with Crippen LogP contribution >= 0.6 is 0 Å². The SMILES string of the molecule is C[C@H](Oc1ccccc1F)[C@@H](C)NC(=O)c1cc(C#N)c[nH]1. The molecule has 6 heteroatoms. The topological polar surface area (TPSA) is 77.9 Å². The van der Waals surface area contributed by atoms with Crippen molar-refractivity contribution in [1.29, 1.82) is 5.26 Å². The van der Waals surface area contributed by atoms with Gasteiger partial charge >= 0.3 is 0 Å². The number of halogens is 1. The van der Waals surface area contributed by atoms with Crippen LogP contribution in [0.1, 0.15) is 29.9 Å². The van der Waals surface area contributed by atoms with E-state index in [2.05, 4.69) is 10.3 Å². The quantitative estimate of drug-likeness (QED) is 0.891. The summed E-state index contributed by atoms with van der Waals surface area (Å²) in [6, 6.07) is 9.16. The molecule has 0 unspecified atom stereocenters. The maximum atomic E-state index is 13.5. The second-order valence-corrected chi connectivity index (χ2v) is 4.93. The van der Waals surface area contributed by atoms with Gasteiger partial charge in [-0.05, 0) is 32.0 Å². The molecule has 1 aromatic carbocycles. The number of carbonyl (C=O) groups is 1. The Morgan fingerprint density at radius 3 is 2.77 bits per heavy atom. The molecular formula is C16H16FN3O2. The summed E-state index contributed by atoms with van der Waals surface area (Å²) in [7, 11) is 0. The minimum Gasteiger partial charge on any atom is -0.486 e. The van der Waals surface area contributed by atoms with Gasteiger partial charge in [0, 0.05) is 6.20 Å². The summed E-state index contributed by atoms with van der Waals surface area (Å²) in [6.07, 6.45) is 1.03. The number of aromatic amines is 1. The summed E-state index contributed by atoms with van der Waals surface area (Å²) in [4.78, 5) is 14.8. The molecule has 1 amide bonds. The minimum atomic E-state index is -0.448. The van der Waals surface area contributed by atoms with E-state index in [0.29, 0.717) is 11.3 Å². The summed E-state index contributed by atoms with van der Waals surface area (Å²) >= 11 is 0. The molecule has 22 heavy (non-hydrogen) atoms. The van der Waals surface area contributed by atoms with Crippen molar-refractivity contribution in [3.8, 4) is 11.8 Å². The highest BCUT2D eigenvalue weighted by Gasteiger charge is 2.19. The van der Waals surface area contributed by atoms with Gasteiger partial charge in [-0.2, -0.15) is 5.26 Å². The number of aromatic nitrogens is 1. The molecule has 1 heterocycles. The maximum Gasteiger partial charge on any atom is 0.268 e. The van der Waals surface area contributed by atoms with Crippen molar-refractivity contribution in [2.45, 2.75) is 26.0 Å². The van der Waals surface area contributed by atoms with Gasteiger partial charge in [-0.25, -0.2) is 4.39 Å². The Kier molecular flexibility index (Phi) is 4.79. The minimum absolute atomic E-state index is 0.141. The number of rotatable bonds is 5. The Hall–Kier alpha value is -2.81. The molecule has 1 aromatic heterocycles. The van der Waals surface area contributed by atoms with Crippen LogP contribution < -0.4 is 10.1 Å². The van der Waals surface area contributed by atoms with Gasteiger partial charge in [0.05, 0.1) is 11.6 Å². The molecule has 2 N–H and O–H groups in total. The van der Waals surface area contributed by atoms with E-state index in [0.717, 1.165) is 0 Å². The molecule has 0 fully saturated rings. The monoisotopic (exact) mass is 301 g/mol. The van der Waals surface area contributed by atoms with Crippen LogP contribution in [0.4, 0.5) is 4.39 Å². The van der Waals surface area contributed by atoms with E-state index in [-0.39, 0.29) is 17.7 Å². The molecule has 0 bridgehead atoms. The Balaban J connectivity index is 1.96. The molecule has 0 saturated heterocycles. The molecule has 2 atom stereocenters. The average molecular weight is 301 g/mol. The largest absolute Gasteiger partial charge is 0.486 e. The highest BCUT2D eigenvalue weighted by atomic mass is 19.1. The number of para-hydroxylation sites is 1. The van der Waals surface area contributed by atoms with E-state index in [1.807, 2.05) is 6.07 Å². The summed E-state index contributed by atoms with van der Waals surface area (Å²) in [5, 5.41) is 11.5. The molecule has 5 nitrogen and oxygen atoms in total. The Morgan fingerprint density at radius 2 is 2.14 bits per heavy atom. The van der Waals surface area contributed by atoms with Gasteiger partial charge in [0.1, 0.15) is 17.9 Å². The first kappa shape index (κ1) is 15.6. The van der Waals surface area contributed by atoms with Gasteiger partial charge in [-0.15, -0.1) is 0 Å². The summed E-state index contributed by atoms with van der Waals surface area (Å²) in [5.74, 6) is -0.656. The van der Waals surface area contributed by atoms with E-state index in [1.54, 1.807) is 26.0 Å². The molecular weight excluding hydrogens is 285 g/mol. The van der Waals surface area contributed by atoms with Crippen molar-refractivity contribution < 1.29 is 13.9 Å². The lowest BCUT2D eigenvalue weighted by atomic mass is 10.2. The van der Waals surface area contributed by atoms with Crippen LogP contribution in [0.3, 0.4) is 0 Å². The Morgan fingerprint density at radius 1 is 1.41 bits per heavy atom. The standard InChI is InChI=1S/C16H16FN3O2/c1-10(11(2)22-15-6-4-3-5-13(15)17)20-16(21)14-7-12(8-18)9-19-14/h3-7,9-11,19H,1-2H3,(H,20,21)/t10-,11+/m1/s1. The fourth-order valence-corrected chi connectivity index (χ4v) is 1.83. The zero-order valence-corrected chi connectivity index (χ0v) is 12.3. The number of nitrogens with one attached hydrogen (secondary N) is 2. The number of carbonyl (C=O) groups excluding carboxylic acids is 1. The lowest BCUT2D eigenvalue weighted by molar-refractivity contribution is 0.0887. The lowest BCUT2D eigenvalue weighted by Crippen LogP contribution is -2.42. The highest BCUT2D eigenvalue weighted by Crippen LogP contribution is 2.18. The fourth-order valence-electron chi connectivity index (χ4n) is 1.83. The molecule has 114 valence electrons. The third-order valence-electron chi connectivity index (χ3n) is 3.27. The number of benzene rings is 1. The van der Waals surface area contributed by atoms with E-state index < -0.39 is 11.9 Å². The van der Waals surface area contributed by atoms with Crippen molar-refractivity contribution in [1.82, 2.24) is 10.3 Å². The van der Waals surface area contributed by atoms with Crippen LogP contribution in [0.25, 0.3) is 0 Å². The third-order valence-corrected chi connectivity index (χ3v) is 3.27. The van der Waals surface area contributed by atoms with Crippen LogP contribution in [0, 0.1) is 17.1 Å². The van der Waals surface area contributed by atoms with Crippen LogP contribution in [0.15, 0.2) is 36.5 Å². The Labute approximate surface area is 127 Å². The zero-order valence-electron chi connectivity index (χ0n) is 12.3. The summed E-state index contributed by atoms with van der Waals surface area (Å²) < 4.78 is 19.1. The zero-order chi connectivity index (χ0) is 16.1. The summed E-state index contributed by atoms with van der Waals surface area (Å²) in [5.41, 5.74) is 0.676. The van der Waals surface area contributed by atoms with Gasteiger partial charge < -0.3 is 15.0 Å². The highest BCUT2D eigenvalue weighted by molar-refractivity contribution is 5.93. The number of amides is 1. The summed E-state index contributed by atoms with van der Waals surface area (Å²) in [6.45, 7) is 3.50. The van der Waals surface area contributed by atoms with Crippen molar-refractivity contribution in [3.05, 3.63) is 53.6 Å². The lowest BCUT2D eigenvalue weighted by Gasteiger charge is -2.22. The Bertz CT molecular complexity index is 705. The number of hydrogen-bond donors (Lipinski definition) is 2. The van der Waals surface area contributed by atoms with Gasteiger partial charge in [-0.1, -0.05) is 12.1 Å². The van der Waals surface area contributed by atoms with Gasteiger partial charge in [0.25, 0.3) is 5.91 Å². The number of hydrogen-bond acceptors (Lipinski definition) is 3. The maximum absolute atomic E-state index is 13.5. The predicted octanol–water partition coefficient (Wildman–Crippen LogP) is 2.61. The molecule has 0 aliphatic carbocycles. The fraction of sp³-hybridized carbons (Fsp3) is 0.250.